The molecule has 0 aromatic rings. The van der Waals surface area contributed by atoms with Gasteiger partial charge in [-0.25, -0.2) is 5.53 Å². The molecule has 0 spiro atoms. The maximum absolute atomic E-state index is 12.4. The van der Waals surface area contributed by atoms with Gasteiger partial charge < -0.3 is 0 Å². The normalized spacial score (nSPS) is 50.8. The van der Waals surface area contributed by atoms with E-state index >= 15 is 0 Å². The summed E-state index contributed by atoms with van der Waals surface area (Å²) < 4.78 is 0. The number of rotatable bonds is 1. The molecule has 0 radical (unpaired) electrons. The number of nitrogens with one attached hydrogen (secondary N) is 1. The van der Waals surface area contributed by atoms with Gasteiger partial charge in [-0.1, -0.05) is 38.2 Å². The highest BCUT2D eigenvalue weighted by atomic mass is 16.1. The van der Waals surface area contributed by atoms with E-state index in [0.717, 1.165) is 25.7 Å². The Morgan fingerprint density at radius 3 is 2.70 bits per heavy atom. The Kier molecular flexibility index (Phi) is 2.96. The van der Waals surface area contributed by atoms with Crippen molar-refractivity contribution in [1.82, 2.24) is 0 Å². The number of nitrogens with zero attached hydrogens (tertiary/aromatic N) is 1. The maximum atomic E-state index is 12.4. The second-order valence-corrected chi connectivity index (χ2v) is 8.62. The fourth-order valence-electron chi connectivity index (χ4n) is 5.74. The summed E-state index contributed by atoms with van der Waals surface area (Å²) in [6, 6.07) is 0. The van der Waals surface area contributed by atoms with Gasteiger partial charge in [0, 0.05) is 17.3 Å². The lowest BCUT2D eigenvalue weighted by molar-refractivity contribution is -0.130. The third-order valence-electron chi connectivity index (χ3n) is 7.39. The van der Waals surface area contributed by atoms with Crippen LogP contribution in [0.5, 0.6) is 0 Å². The minimum atomic E-state index is -0.501. The van der Waals surface area contributed by atoms with Gasteiger partial charge in [0.25, 0.3) is 0 Å². The van der Waals surface area contributed by atoms with Gasteiger partial charge in [0.15, 0.2) is 0 Å². The Hall–Kier alpha value is -1.51. The lowest BCUT2D eigenvalue weighted by atomic mass is 9.50. The van der Waals surface area contributed by atoms with E-state index in [-0.39, 0.29) is 10.8 Å². The first-order chi connectivity index (χ1) is 10.8. The Balaban J connectivity index is 1.77. The predicted octanol–water partition coefficient (Wildman–Crippen LogP) is 4.86. The summed E-state index contributed by atoms with van der Waals surface area (Å²) in [6.07, 6.45) is 15.1. The predicted molar refractivity (Wildman–Crippen MR) is 90.1 cm³/mol. The summed E-state index contributed by atoms with van der Waals surface area (Å²) in [7, 11) is 0. The molecular formula is C20H26N2O. The summed E-state index contributed by atoms with van der Waals surface area (Å²) in [5, 5.41) is 3.79. The molecule has 2 saturated carbocycles. The average Bonchev–Trinajstić information content (AvgIpc) is 2.84. The third kappa shape index (κ3) is 1.85. The molecule has 4 aliphatic rings. The first-order valence-electron chi connectivity index (χ1n) is 8.86. The highest BCUT2D eigenvalue weighted by molar-refractivity contribution is 5.87. The molecular weight excluding hydrogens is 284 g/mol. The molecule has 4 rings (SSSR count). The first-order valence-corrected chi connectivity index (χ1v) is 8.86. The summed E-state index contributed by atoms with van der Waals surface area (Å²) in [5.41, 5.74) is 8.19. The monoisotopic (exact) mass is 310 g/mol. The molecule has 3 heteroatoms. The van der Waals surface area contributed by atoms with Crippen LogP contribution in [0.4, 0.5) is 0 Å². The molecule has 1 N–H and O–H groups in total. The van der Waals surface area contributed by atoms with E-state index in [9.17, 15) is 4.79 Å². The number of fused-ring (bicyclic) bond motifs is 5. The summed E-state index contributed by atoms with van der Waals surface area (Å²) in [5.74, 6) is 2.06. The molecule has 0 aliphatic heterocycles. The van der Waals surface area contributed by atoms with E-state index in [1.807, 2.05) is 6.92 Å². The zero-order chi connectivity index (χ0) is 16.5. The van der Waals surface area contributed by atoms with Gasteiger partial charge in [-0.3, -0.25) is 4.79 Å². The van der Waals surface area contributed by atoms with E-state index in [2.05, 4.69) is 49.3 Å². The topological polar surface area (TPSA) is 53.3 Å². The highest BCUT2D eigenvalue weighted by Crippen LogP contribution is 2.62. The average molecular weight is 310 g/mol. The van der Waals surface area contributed by atoms with Crippen LogP contribution in [0.3, 0.4) is 0 Å². The Labute approximate surface area is 138 Å². The van der Waals surface area contributed by atoms with E-state index in [4.69, 9.17) is 5.53 Å². The van der Waals surface area contributed by atoms with Gasteiger partial charge in [0.05, 0.1) is 0 Å². The van der Waals surface area contributed by atoms with Crippen LogP contribution in [-0.4, -0.2) is 11.3 Å². The lowest BCUT2D eigenvalue weighted by Crippen LogP contribution is -2.48. The van der Waals surface area contributed by atoms with Crippen LogP contribution in [0.25, 0.3) is 0 Å². The van der Waals surface area contributed by atoms with Crippen LogP contribution < -0.4 is 0 Å². The number of carbonyl (C=O) groups excluding carboxylic acids is 1. The van der Waals surface area contributed by atoms with E-state index in [1.165, 1.54) is 5.57 Å². The van der Waals surface area contributed by atoms with Crippen molar-refractivity contribution in [3.63, 3.8) is 0 Å². The molecule has 3 nitrogen and oxygen atoms in total. The molecule has 23 heavy (non-hydrogen) atoms. The van der Waals surface area contributed by atoms with Crippen LogP contribution >= 0.6 is 0 Å². The number of hydrogen-bond acceptors (Lipinski definition) is 3. The number of ketones is 1. The molecule has 6 atom stereocenters. The smallest absolute Gasteiger partial charge is 0.139 e. The van der Waals surface area contributed by atoms with Crippen LogP contribution in [0.15, 0.2) is 41.1 Å². The molecule has 0 aromatic heterocycles. The van der Waals surface area contributed by atoms with Gasteiger partial charge in [0.1, 0.15) is 11.3 Å². The lowest BCUT2D eigenvalue weighted by Gasteiger charge is -2.53. The van der Waals surface area contributed by atoms with Crippen LogP contribution in [0.1, 0.15) is 46.5 Å². The molecule has 4 unspecified atom stereocenters. The molecule has 2 fully saturated rings. The first kappa shape index (κ1) is 15.0. The van der Waals surface area contributed by atoms with Crippen molar-refractivity contribution in [3.8, 4) is 0 Å². The zero-order valence-electron chi connectivity index (χ0n) is 14.3. The van der Waals surface area contributed by atoms with Gasteiger partial charge in [-0.05, 0) is 55.6 Å². The summed E-state index contributed by atoms with van der Waals surface area (Å²) in [4.78, 5) is 12.4. The number of carbonyl (C=O) groups is 1. The zero-order valence-corrected chi connectivity index (χ0v) is 14.3. The van der Waals surface area contributed by atoms with E-state index in [1.54, 1.807) is 0 Å². The fraction of sp³-hybridized carbons (Fsp3) is 0.650. The van der Waals surface area contributed by atoms with Crippen LogP contribution in [0, 0.1) is 34.1 Å². The van der Waals surface area contributed by atoms with Crippen LogP contribution in [-0.2, 0) is 4.79 Å². The summed E-state index contributed by atoms with van der Waals surface area (Å²) >= 11 is 0. The molecule has 122 valence electrons. The minimum absolute atomic E-state index is 0.0244. The van der Waals surface area contributed by atoms with Crippen molar-refractivity contribution in [3.05, 3.63) is 36.0 Å². The number of hydrogen-bond donors (Lipinski definition) is 1. The quantitative estimate of drug-likeness (QED) is 0.545. The molecule has 0 bridgehead atoms. The third-order valence-corrected chi connectivity index (χ3v) is 7.39. The second kappa shape index (κ2) is 4.52. The van der Waals surface area contributed by atoms with Crippen LogP contribution in [0.2, 0.25) is 0 Å². The highest BCUT2D eigenvalue weighted by Gasteiger charge is 2.57. The van der Waals surface area contributed by atoms with Gasteiger partial charge in [-0.2, -0.15) is 5.11 Å². The minimum Gasteiger partial charge on any atom is -0.299 e. The van der Waals surface area contributed by atoms with Gasteiger partial charge in [-0.15, -0.1) is 0 Å². The van der Waals surface area contributed by atoms with Crippen molar-refractivity contribution in [2.45, 2.75) is 52.0 Å². The SMILES string of the molecule is CC1(N=N)C=C[C@@]2(C)C(=C1)C=CC1C2CC[C@]2(C)C(=O)CCC12. The van der Waals surface area contributed by atoms with Crippen molar-refractivity contribution >= 4 is 5.78 Å². The second-order valence-electron chi connectivity index (χ2n) is 8.62. The largest absolute Gasteiger partial charge is 0.299 e. The Morgan fingerprint density at radius 2 is 1.96 bits per heavy atom. The fourth-order valence-corrected chi connectivity index (χ4v) is 5.74. The molecule has 4 aliphatic carbocycles. The molecule has 0 heterocycles. The Morgan fingerprint density at radius 1 is 1.17 bits per heavy atom. The Bertz CT molecular complexity index is 675. The van der Waals surface area contributed by atoms with Crippen molar-refractivity contribution < 1.29 is 4.79 Å². The van der Waals surface area contributed by atoms with Crippen molar-refractivity contribution in [2.24, 2.45) is 33.7 Å². The molecule has 0 amide bonds. The van der Waals surface area contributed by atoms with Crippen molar-refractivity contribution in [2.75, 3.05) is 0 Å². The van der Waals surface area contributed by atoms with E-state index in [0.29, 0.717) is 23.5 Å². The van der Waals surface area contributed by atoms with Crippen molar-refractivity contribution in [1.29, 1.82) is 5.53 Å². The number of Topliss-reactive ketones (excluding diaryl/α,β-unsaturated/α-hetero) is 1. The van der Waals surface area contributed by atoms with Gasteiger partial charge in [0.2, 0.25) is 0 Å². The number of allylic oxidation sites excluding steroid dienone is 4. The van der Waals surface area contributed by atoms with Gasteiger partial charge >= 0.3 is 0 Å². The summed E-state index contributed by atoms with van der Waals surface area (Å²) in [6.45, 7) is 6.52. The molecule has 0 saturated heterocycles. The maximum Gasteiger partial charge on any atom is 0.139 e. The standard InChI is InChI=1S/C20H26N2O/c1-18(22-21)10-11-19(2)13(12-18)4-5-14-15-6-7-17(23)20(15,3)9-8-16(14)19/h4-5,10-12,14-16,21H,6-9H2,1-3H3/t14?,15?,16?,18?,19-,20-/m0/s1. The molecule has 0 aromatic carbocycles. The van der Waals surface area contributed by atoms with E-state index < -0.39 is 5.54 Å².